The van der Waals surface area contributed by atoms with Crippen LogP contribution < -0.4 is 24.3 Å². The molecule has 0 fully saturated rings. The Balaban J connectivity index is 1.36. The molecule has 0 unspecified atom stereocenters. The van der Waals surface area contributed by atoms with Crippen molar-refractivity contribution in [1.29, 1.82) is 0 Å². The van der Waals surface area contributed by atoms with Crippen molar-refractivity contribution in [2.45, 2.75) is 25.9 Å². The van der Waals surface area contributed by atoms with E-state index in [9.17, 15) is 9.59 Å². The summed E-state index contributed by atoms with van der Waals surface area (Å²) in [6.45, 7) is 2.04. The third-order valence-corrected chi connectivity index (χ3v) is 4.17. The topological polar surface area (TPSA) is 92.3 Å². The summed E-state index contributed by atoms with van der Waals surface area (Å²) in [4.78, 5) is 24.2. The number of carbonyl (C=O) groups is 2. The van der Waals surface area contributed by atoms with E-state index < -0.39 is 18.0 Å². The predicted molar refractivity (Wildman–Crippen MR) is 104 cm³/mol. The van der Waals surface area contributed by atoms with Crippen LogP contribution in [0.5, 0.6) is 23.0 Å². The highest BCUT2D eigenvalue weighted by Gasteiger charge is 2.19. The fourth-order valence-corrected chi connectivity index (χ4v) is 2.61. The molecular weight excluding hydrogens is 378 g/mol. The Hall–Kier alpha value is -3.42. The van der Waals surface area contributed by atoms with Crippen LogP contribution in [-0.2, 0) is 14.3 Å². The van der Waals surface area contributed by atoms with Crippen molar-refractivity contribution < 1.29 is 33.3 Å². The summed E-state index contributed by atoms with van der Waals surface area (Å²) >= 11 is 0. The highest BCUT2D eigenvalue weighted by Crippen LogP contribution is 2.34. The molecule has 0 radical (unpaired) electrons. The van der Waals surface area contributed by atoms with Crippen LogP contribution in [0.4, 0.5) is 5.69 Å². The van der Waals surface area contributed by atoms with Gasteiger partial charge in [-0.1, -0.05) is 0 Å². The number of ether oxygens (including phenoxy) is 5. The predicted octanol–water partition coefficient (Wildman–Crippen LogP) is 3.15. The highest BCUT2D eigenvalue weighted by molar-refractivity contribution is 5.95. The summed E-state index contributed by atoms with van der Waals surface area (Å²) in [6.07, 6.45) is -0.297. The summed E-state index contributed by atoms with van der Waals surface area (Å²) in [6, 6.07) is 12.2. The molecule has 3 rings (SSSR count). The number of fused-ring (bicyclic) bond motifs is 1. The van der Waals surface area contributed by atoms with Gasteiger partial charge in [-0.3, -0.25) is 9.59 Å². The minimum Gasteiger partial charge on any atom is -0.497 e. The van der Waals surface area contributed by atoms with E-state index in [1.54, 1.807) is 49.6 Å². The SMILES string of the molecule is COc1ccc(OCCCC(=O)O[C@H](C)C(=O)Nc2ccc3c(c2)OCO3)cc1. The summed E-state index contributed by atoms with van der Waals surface area (Å²) < 4.78 is 26.3. The maximum absolute atomic E-state index is 12.2. The van der Waals surface area contributed by atoms with Gasteiger partial charge in [0.1, 0.15) is 11.5 Å². The smallest absolute Gasteiger partial charge is 0.306 e. The Bertz CT molecular complexity index is 851. The summed E-state index contributed by atoms with van der Waals surface area (Å²) in [5.74, 6) is 1.73. The van der Waals surface area contributed by atoms with E-state index >= 15 is 0 Å². The third kappa shape index (κ3) is 5.78. The first-order valence-electron chi connectivity index (χ1n) is 9.22. The number of esters is 1. The second-order valence-electron chi connectivity index (χ2n) is 6.32. The molecule has 8 nitrogen and oxygen atoms in total. The van der Waals surface area contributed by atoms with Gasteiger partial charge in [0.15, 0.2) is 17.6 Å². The molecule has 1 atom stereocenters. The first-order valence-corrected chi connectivity index (χ1v) is 9.22. The van der Waals surface area contributed by atoms with Crippen LogP contribution in [0.25, 0.3) is 0 Å². The Morgan fingerprint density at radius 1 is 1.07 bits per heavy atom. The molecule has 0 spiro atoms. The molecule has 0 saturated carbocycles. The van der Waals surface area contributed by atoms with Crippen molar-refractivity contribution in [2.75, 3.05) is 25.8 Å². The molecule has 0 aliphatic carbocycles. The van der Waals surface area contributed by atoms with E-state index in [0.717, 1.165) is 5.75 Å². The van der Waals surface area contributed by atoms with Crippen molar-refractivity contribution in [3.05, 3.63) is 42.5 Å². The molecule has 1 aliphatic rings. The zero-order chi connectivity index (χ0) is 20.6. The molecule has 154 valence electrons. The largest absolute Gasteiger partial charge is 0.497 e. The lowest BCUT2D eigenvalue weighted by atomic mass is 10.2. The molecule has 0 aromatic heterocycles. The Labute approximate surface area is 168 Å². The molecule has 2 aromatic carbocycles. The highest BCUT2D eigenvalue weighted by atomic mass is 16.7. The van der Waals surface area contributed by atoms with Gasteiger partial charge >= 0.3 is 5.97 Å². The van der Waals surface area contributed by atoms with E-state index in [0.29, 0.717) is 36.0 Å². The van der Waals surface area contributed by atoms with Crippen LogP contribution in [0.15, 0.2) is 42.5 Å². The number of carbonyl (C=O) groups excluding carboxylic acids is 2. The standard InChI is InChI=1S/C21H23NO7/c1-14(21(24)22-15-5-10-18-19(12-15)28-13-27-18)29-20(23)4-3-11-26-17-8-6-16(25-2)7-9-17/h5-10,12,14H,3-4,11,13H2,1-2H3,(H,22,24)/t14-/m1/s1. The second-order valence-corrected chi connectivity index (χ2v) is 6.32. The normalized spacial score (nSPS) is 12.8. The lowest BCUT2D eigenvalue weighted by molar-refractivity contribution is -0.153. The quantitative estimate of drug-likeness (QED) is 0.510. The van der Waals surface area contributed by atoms with E-state index in [1.807, 2.05) is 0 Å². The van der Waals surface area contributed by atoms with Gasteiger partial charge in [-0.15, -0.1) is 0 Å². The zero-order valence-electron chi connectivity index (χ0n) is 16.3. The Morgan fingerprint density at radius 3 is 2.55 bits per heavy atom. The molecule has 1 aliphatic heterocycles. The minimum atomic E-state index is -0.921. The van der Waals surface area contributed by atoms with E-state index in [4.69, 9.17) is 23.7 Å². The van der Waals surface area contributed by atoms with Crippen LogP contribution in [-0.4, -0.2) is 38.5 Å². The number of anilines is 1. The Kier molecular flexibility index (Phi) is 6.78. The van der Waals surface area contributed by atoms with Crippen LogP contribution in [0, 0.1) is 0 Å². The number of methoxy groups -OCH3 is 1. The minimum absolute atomic E-state index is 0.151. The fourth-order valence-electron chi connectivity index (χ4n) is 2.61. The monoisotopic (exact) mass is 401 g/mol. The van der Waals surface area contributed by atoms with Crippen molar-refractivity contribution >= 4 is 17.6 Å². The summed E-state index contributed by atoms with van der Waals surface area (Å²) in [7, 11) is 1.60. The zero-order valence-corrected chi connectivity index (χ0v) is 16.3. The Morgan fingerprint density at radius 2 is 1.79 bits per heavy atom. The molecule has 29 heavy (non-hydrogen) atoms. The van der Waals surface area contributed by atoms with Gasteiger partial charge in [0.25, 0.3) is 5.91 Å². The molecule has 0 saturated heterocycles. The van der Waals surface area contributed by atoms with Gasteiger partial charge in [0, 0.05) is 18.2 Å². The summed E-state index contributed by atoms with van der Waals surface area (Å²) in [5.41, 5.74) is 0.537. The van der Waals surface area contributed by atoms with Crippen molar-refractivity contribution in [3.8, 4) is 23.0 Å². The van der Waals surface area contributed by atoms with Crippen molar-refractivity contribution in [3.63, 3.8) is 0 Å². The molecule has 1 N–H and O–H groups in total. The van der Waals surface area contributed by atoms with Gasteiger partial charge in [-0.05, 0) is 49.7 Å². The lowest BCUT2D eigenvalue weighted by Gasteiger charge is -2.14. The number of amides is 1. The van der Waals surface area contributed by atoms with E-state index in [1.165, 1.54) is 6.92 Å². The van der Waals surface area contributed by atoms with Crippen LogP contribution in [0.3, 0.4) is 0 Å². The number of nitrogens with one attached hydrogen (secondary N) is 1. The molecule has 2 aromatic rings. The maximum atomic E-state index is 12.2. The lowest BCUT2D eigenvalue weighted by Crippen LogP contribution is -2.30. The van der Waals surface area contributed by atoms with Crippen molar-refractivity contribution in [1.82, 2.24) is 0 Å². The number of hydrogen-bond donors (Lipinski definition) is 1. The van der Waals surface area contributed by atoms with Gasteiger partial charge in [0.05, 0.1) is 13.7 Å². The number of benzene rings is 2. The number of rotatable bonds is 9. The average molecular weight is 401 g/mol. The van der Waals surface area contributed by atoms with Gasteiger partial charge in [-0.2, -0.15) is 0 Å². The van der Waals surface area contributed by atoms with Gasteiger partial charge in [-0.25, -0.2) is 0 Å². The number of hydrogen-bond acceptors (Lipinski definition) is 7. The second kappa shape index (κ2) is 9.68. The maximum Gasteiger partial charge on any atom is 0.306 e. The van der Waals surface area contributed by atoms with Gasteiger partial charge in [0.2, 0.25) is 6.79 Å². The summed E-state index contributed by atoms with van der Waals surface area (Å²) in [5, 5.41) is 2.69. The molecular formula is C21H23NO7. The van der Waals surface area contributed by atoms with Crippen LogP contribution >= 0.6 is 0 Å². The van der Waals surface area contributed by atoms with Gasteiger partial charge < -0.3 is 29.0 Å². The molecule has 8 heteroatoms. The van der Waals surface area contributed by atoms with Crippen molar-refractivity contribution in [2.24, 2.45) is 0 Å². The van der Waals surface area contributed by atoms with E-state index in [2.05, 4.69) is 5.32 Å². The molecule has 1 heterocycles. The fraction of sp³-hybridized carbons (Fsp3) is 0.333. The molecule has 1 amide bonds. The van der Waals surface area contributed by atoms with Crippen LogP contribution in [0.2, 0.25) is 0 Å². The average Bonchev–Trinajstić information content (AvgIpc) is 3.19. The first-order chi connectivity index (χ1) is 14.0. The van der Waals surface area contributed by atoms with E-state index in [-0.39, 0.29) is 13.2 Å². The molecule has 0 bridgehead atoms. The third-order valence-electron chi connectivity index (χ3n) is 4.17. The first kappa shape index (κ1) is 20.3. The van der Waals surface area contributed by atoms with Crippen LogP contribution in [0.1, 0.15) is 19.8 Å².